The molecule has 0 radical (unpaired) electrons. The van der Waals surface area contributed by atoms with Gasteiger partial charge >= 0.3 is 0 Å². The third kappa shape index (κ3) is 6.40. The van der Waals surface area contributed by atoms with Crippen molar-refractivity contribution in [2.24, 2.45) is 4.99 Å². The second-order valence-electron chi connectivity index (χ2n) is 6.51. The molecule has 0 atom stereocenters. The van der Waals surface area contributed by atoms with E-state index in [1.54, 1.807) is 0 Å². The van der Waals surface area contributed by atoms with Crippen LogP contribution in [0.15, 0.2) is 35.3 Å². The zero-order chi connectivity index (χ0) is 17.2. The molecule has 24 heavy (non-hydrogen) atoms. The molecule has 5 heteroatoms. The van der Waals surface area contributed by atoms with E-state index in [0.717, 1.165) is 63.7 Å². The fourth-order valence-electron chi connectivity index (χ4n) is 2.87. The Balaban J connectivity index is 1.80. The van der Waals surface area contributed by atoms with E-state index in [1.165, 1.54) is 0 Å². The molecule has 0 saturated carbocycles. The number of guanidine groups is 1. The van der Waals surface area contributed by atoms with Gasteiger partial charge in [-0.25, -0.2) is 0 Å². The molecule has 1 N–H and O–H groups in total. The van der Waals surface area contributed by atoms with Gasteiger partial charge in [0.05, 0.1) is 0 Å². The van der Waals surface area contributed by atoms with Crippen LogP contribution in [0, 0.1) is 0 Å². The molecule has 1 aromatic carbocycles. The van der Waals surface area contributed by atoms with Crippen LogP contribution in [-0.4, -0.2) is 68.7 Å². The van der Waals surface area contributed by atoms with Crippen molar-refractivity contribution in [1.82, 2.24) is 15.1 Å². The zero-order valence-corrected chi connectivity index (χ0v) is 15.4. The van der Waals surface area contributed by atoms with Crippen LogP contribution >= 0.6 is 0 Å². The van der Waals surface area contributed by atoms with Gasteiger partial charge in [-0.1, -0.05) is 18.2 Å². The molecule has 0 amide bonds. The molecule has 1 saturated heterocycles. The van der Waals surface area contributed by atoms with Gasteiger partial charge in [0.15, 0.2) is 5.96 Å². The highest BCUT2D eigenvalue weighted by atomic mass is 16.5. The molecule has 0 aromatic heterocycles. The van der Waals surface area contributed by atoms with Crippen molar-refractivity contribution < 1.29 is 4.74 Å². The number of rotatable bonds is 7. The molecule has 134 valence electrons. The van der Waals surface area contributed by atoms with E-state index in [4.69, 9.17) is 9.73 Å². The van der Waals surface area contributed by atoms with Crippen LogP contribution in [0.25, 0.3) is 0 Å². The predicted molar refractivity (Wildman–Crippen MR) is 101 cm³/mol. The molecular formula is C19H32N4O. The molecule has 0 unspecified atom stereocenters. The number of hydrogen-bond donors (Lipinski definition) is 1. The first-order valence-electron chi connectivity index (χ1n) is 9.08. The minimum absolute atomic E-state index is 0.306. The summed E-state index contributed by atoms with van der Waals surface area (Å²) >= 11 is 0. The van der Waals surface area contributed by atoms with Gasteiger partial charge in [-0.3, -0.25) is 4.99 Å². The third-order valence-corrected chi connectivity index (χ3v) is 4.15. The van der Waals surface area contributed by atoms with Crippen molar-refractivity contribution in [1.29, 1.82) is 0 Å². The molecule has 0 spiro atoms. The topological polar surface area (TPSA) is 40.1 Å². The number of ether oxygens (including phenoxy) is 1. The monoisotopic (exact) mass is 332 g/mol. The van der Waals surface area contributed by atoms with Crippen molar-refractivity contribution >= 4 is 5.96 Å². The molecule has 1 aromatic rings. The van der Waals surface area contributed by atoms with E-state index in [0.29, 0.717) is 6.10 Å². The second kappa shape index (κ2) is 10.2. The lowest BCUT2D eigenvalue weighted by Gasteiger charge is -2.34. The van der Waals surface area contributed by atoms with Gasteiger partial charge in [0, 0.05) is 39.0 Å². The summed E-state index contributed by atoms with van der Waals surface area (Å²) in [4.78, 5) is 9.35. The molecule has 0 aliphatic carbocycles. The normalized spacial score (nSPS) is 16.5. The molecule has 1 heterocycles. The lowest BCUT2D eigenvalue weighted by atomic mass is 10.1. The Bertz CT molecular complexity index is 481. The van der Waals surface area contributed by atoms with Crippen molar-refractivity contribution in [2.45, 2.75) is 32.3 Å². The van der Waals surface area contributed by atoms with Gasteiger partial charge in [0.25, 0.3) is 0 Å². The highest BCUT2D eigenvalue weighted by molar-refractivity contribution is 5.80. The van der Waals surface area contributed by atoms with Crippen LogP contribution in [0.4, 0.5) is 0 Å². The highest BCUT2D eigenvalue weighted by Gasteiger charge is 2.22. The second-order valence-corrected chi connectivity index (χ2v) is 6.51. The van der Waals surface area contributed by atoms with Crippen LogP contribution in [0.3, 0.4) is 0 Å². The SMILES string of the molecule is CCNC(=NCCCN(C)C)N1CCC(Oc2ccccc2)CC1. The van der Waals surface area contributed by atoms with Gasteiger partial charge in [-0.2, -0.15) is 0 Å². The number of nitrogens with one attached hydrogen (secondary N) is 1. The first-order chi connectivity index (χ1) is 11.7. The summed E-state index contributed by atoms with van der Waals surface area (Å²) in [5.74, 6) is 2.02. The van der Waals surface area contributed by atoms with Crippen LogP contribution < -0.4 is 10.1 Å². The summed E-state index contributed by atoms with van der Waals surface area (Å²) in [5.41, 5.74) is 0. The number of para-hydroxylation sites is 1. The number of hydrogen-bond acceptors (Lipinski definition) is 3. The summed E-state index contributed by atoms with van der Waals surface area (Å²) in [7, 11) is 4.21. The number of piperidine rings is 1. The fourth-order valence-corrected chi connectivity index (χ4v) is 2.87. The van der Waals surface area contributed by atoms with Gasteiger partial charge in [-0.05, 0) is 46.1 Å². The molecule has 0 bridgehead atoms. The minimum Gasteiger partial charge on any atom is -0.490 e. The van der Waals surface area contributed by atoms with E-state index in [2.05, 4.69) is 36.1 Å². The van der Waals surface area contributed by atoms with Gasteiger partial charge < -0.3 is 19.9 Å². The highest BCUT2D eigenvalue weighted by Crippen LogP contribution is 2.18. The van der Waals surface area contributed by atoms with Gasteiger partial charge in [0.1, 0.15) is 11.9 Å². The van der Waals surface area contributed by atoms with E-state index in [1.807, 2.05) is 30.3 Å². The fraction of sp³-hybridized carbons (Fsp3) is 0.632. The average Bonchev–Trinajstić information content (AvgIpc) is 2.59. The van der Waals surface area contributed by atoms with Crippen molar-refractivity contribution in [2.75, 3.05) is 46.8 Å². The third-order valence-electron chi connectivity index (χ3n) is 4.15. The first-order valence-corrected chi connectivity index (χ1v) is 9.08. The van der Waals surface area contributed by atoms with E-state index < -0.39 is 0 Å². The lowest BCUT2D eigenvalue weighted by Crippen LogP contribution is -2.47. The van der Waals surface area contributed by atoms with E-state index in [9.17, 15) is 0 Å². The predicted octanol–water partition coefficient (Wildman–Crippen LogP) is 2.45. The quantitative estimate of drug-likeness (QED) is 0.473. The smallest absolute Gasteiger partial charge is 0.193 e. The zero-order valence-electron chi connectivity index (χ0n) is 15.4. The summed E-state index contributed by atoms with van der Waals surface area (Å²) < 4.78 is 6.08. The minimum atomic E-state index is 0.306. The van der Waals surface area contributed by atoms with Crippen molar-refractivity contribution in [3.05, 3.63) is 30.3 Å². The van der Waals surface area contributed by atoms with E-state index in [-0.39, 0.29) is 0 Å². The number of aliphatic imine (C=N–C) groups is 1. The summed E-state index contributed by atoms with van der Waals surface area (Å²) in [6.45, 7) is 6.98. The van der Waals surface area contributed by atoms with Crippen LogP contribution in [0.5, 0.6) is 5.75 Å². The van der Waals surface area contributed by atoms with E-state index >= 15 is 0 Å². The maximum atomic E-state index is 6.08. The molecule has 5 nitrogen and oxygen atoms in total. The Labute approximate surface area is 146 Å². The van der Waals surface area contributed by atoms with Gasteiger partial charge in [-0.15, -0.1) is 0 Å². The molecular weight excluding hydrogens is 300 g/mol. The number of benzene rings is 1. The average molecular weight is 332 g/mol. The van der Waals surface area contributed by atoms with Crippen molar-refractivity contribution in [3.63, 3.8) is 0 Å². The Morgan fingerprint density at radius 3 is 2.58 bits per heavy atom. The Kier molecular flexibility index (Phi) is 7.89. The number of likely N-dealkylation sites (tertiary alicyclic amines) is 1. The molecule has 1 fully saturated rings. The molecule has 2 rings (SSSR count). The van der Waals surface area contributed by atoms with Crippen LogP contribution in [0.2, 0.25) is 0 Å². The standard InChI is InChI=1S/C19H32N4O/c1-4-20-19(21-13-8-14-22(2)3)23-15-11-18(12-16-23)24-17-9-6-5-7-10-17/h5-7,9-10,18H,4,8,11-16H2,1-3H3,(H,20,21). The van der Waals surface area contributed by atoms with Crippen LogP contribution in [-0.2, 0) is 0 Å². The number of nitrogens with zero attached hydrogens (tertiary/aromatic N) is 3. The maximum Gasteiger partial charge on any atom is 0.193 e. The Hall–Kier alpha value is -1.75. The van der Waals surface area contributed by atoms with Crippen molar-refractivity contribution in [3.8, 4) is 5.75 Å². The summed E-state index contributed by atoms with van der Waals surface area (Å²) in [6, 6.07) is 10.1. The first kappa shape index (κ1) is 18.6. The Morgan fingerprint density at radius 2 is 1.96 bits per heavy atom. The molecule has 1 aliphatic heterocycles. The lowest BCUT2D eigenvalue weighted by molar-refractivity contribution is 0.129. The summed E-state index contributed by atoms with van der Waals surface area (Å²) in [6.07, 6.45) is 3.48. The molecule has 1 aliphatic rings. The van der Waals surface area contributed by atoms with Gasteiger partial charge in [0.2, 0.25) is 0 Å². The largest absolute Gasteiger partial charge is 0.490 e. The maximum absolute atomic E-state index is 6.08. The Morgan fingerprint density at radius 1 is 1.25 bits per heavy atom. The summed E-state index contributed by atoms with van der Waals surface area (Å²) in [5, 5.41) is 3.43. The van der Waals surface area contributed by atoms with Crippen LogP contribution in [0.1, 0.15) is 26.2 Å².